The molecular formula is C17H32N2O2. The van der Waals surface area contributed by atoms with Crippen LogP contribution in [0.15, 0.2) is 0 Å². The van der Waals surface area contributed by atoms with Gasteiger partial charge in [-0.1, -0.05) is 26.2 Å². The van der Waals surface area contributed by atoms with E-state index in [1.54, 1.807) is 0 Å². The van der Waals surface area contributed by atoms with Crippen LogP contribution in [0.25, 0.3) is 0 Å². The topological polar surface area (TPSA) is 75.3 Å². The van der Waals surface area contributed by atoms with Gasteiger partial charge in [0.05, 0.1) is 12.1 Å². The Labute approximate surface area is 128 Å². The number of nitrogens with two attached hydrogens (primary N) is 1. The van der Waals surface area contributed by atoms with Crippen LogP contribution in [0.3, 0.4) is 0 Å². The van der Waals surface area contributed by atoms with Crippen LogP contribution in [0.1, 0.15) is 71.1 Å². The Bertz CT molecular complexity index is 343. The molecule has 0 radical (unpaired) electrons. The van der Waals surface area contributed by atoms with Crippen LogP contribution in [0.2, 0.25) is 0 Å². The molecular weight excluding hydrogens is 264 g/mol. The molecule has 2 rings (SSSR count). The van der Waals surface area contributed by atoms with Crippen molar-refractivity contribution in [1.82, 2.24) is 5.32 Å². The van der Waals surface area contributed by atoms with E-state index >= 15 is 0 Å². The van der Waals surface area contributed by atoms with Gasteiger partial charge in [-0.3, -0.25) is 4.79 Å². The molecule has 1 amide bonds. The lowest BCUT2D eigenvalue weighted by molar-refractivity contribution is -0.127. The second-order valence-corrected chi connectivity index (χ2v) is 7.61. The molecule has 0 aliphatic heterocycles. The molecule has 0 bridgehead atoms. The molecule has 0 unspecified atom stereocenters. The van der Waals surface area contributed by atoms with Gasteiger partial charge >= 0.3 is 0 Å². The first-order valence-corrected chi connectivity index (χ1v) is 8.65. The maximum atomic E-state index is 12.5. The summed E-state index contributed by atoms with van der Waals surface area (Å²) < 4.78 is 0. The number of carbonyl (C=O) groups excluding carboxylic acids is 1. The number of carbonyl (C=O) groups is 1. The van der Waals surface area contributed by atoms with Gasteiger partial charge in [-0.05, 0) is 56.4 Å². The number of hydrogen-bond donors (Lipinski definition) is 3. The SMILES string of the molecule is CC1CCC(CO)(NC(=O)CC2(CN)CCCCC2)CC1. The number of amides is 1. The molecule has 0 saturated heterocycles. The zero-order chi connectivity index (χ0) is 15.3. The summed E-state index contributed by atoms with van der Waals surface area (Å²) in [6.07, 6.45) is 10.3. The van der Waals surface area contributed by atoms with E-state index in [0.717, 1.165) is 38.5 Å². The molecule has 2 saturated carbocycles. The number of rotatable bonds is 5. The number of nitrogens with one attached hydrogen (secondary N) is 1. The van der Waals surface area contributed by atoms with Crippen molar-refractivity contribution >= 4 is 5.91 Å². The second-order valence-electron chi connectivity index (χ2n) is 7.61. The minimum atomic E-state index is -0.381. The lowest BCUT2D eigenvalue weighted by Gasteiger charge is -2.41. The van der Waals surface area contributed by atoms with Gasteiger partial charge in [-0.2, -0.15) is 0 Å². The second kappa shape index (κ2) is 7.10. The summed E-state index contributed by atoms with van der Waals surface area (Å²) >= 11 is 0. The van der Waals surface area contributed by atoms with Gasteiger partial charge in [0.2, 0.25) is 5.91 Å². The van der Waals surface area contributed by atoms with Crippen molar-refractivity contribution in [3.8, 4) is 0 Å². The summed E-state index contributed by atoms with van der Waals surface area (Å²) in [6.45, 7) is 2.90. The van der Waals surface area contributed by atoms with E-state index < -0.39 is 0 Å². The molecule has 0 aromatic rings. The van der Waals surface area contributed by atoms with Crippen molar-refractivity contribution in [3.63, 3.8) is 0 Å². The highest BCUT2D eigenvalue weighted by molar-refractivity contribution is 5.77. The largest absolute Gasteiger partial charge is 0.394 e. The van der Waals surface area contributed by atoms with Gasteiger partial charge in [0, 0.05) is 6.42 Å². The van der Waals surface area contributed by atoms with Crippen molar-refractivity contribution in [2.75, 3.05) is 13.2 Å². The molecule has 122 valence electrons. The van der Waals surface area contributed by atoms with Crippen LogP contribution in [-0.2, 0) is 4.79 Å². The summed E-state index contributed by atoms with van der Waals surface area (Å²) in [6, 6.07) is 0. The predicted molar refractivity (Wildman–Crippen MR) is 84.8 cm³/mol. The Morgan fingerprint density at radius 1 is 1.19 bits per heavy atom. The molecule has 0 aromatic carbocycles. The molecule has 0 aromatic heterocycles. The minimum Gasteiger partial charge on any atom is -0.394 e. The average molecular weight is 296 g/mol. The quantitative estimate of drug-likeness (QED) is 0.729. The normalized spacial score (nSPS) is 32.6. The third kappa shape index (κ3) is 4.19. The van der Waals surface area contributed by atoms with Gasteiger partial charge in [0.15, 0.2) is 0 Å². The Balaban J connectivity index is 1.93. The fraction of sp³-hybridized carbons (Fsp3) is 0.941. The van der Waals surface area contributed by atoms with Crippen LogP contribution in [0.4, 0.5) is 0 Å². The molecule has 21 heavy (non-hydrogen) atoms. The van der Waals surface area contributed by atoms with E-state index in [0.29, 0.717) is 18.9 Å². The zero-order valence-corrected chi connectivity index (χ0v) is 13.5. The fourth-order valence-corrected chi connectivity index (χ4v) is 4.07. The first kappa shape index (κ1) is 16.8. The van der Waals surface area contributed by atoms with Crippen LogP contribution in [-0.4, -0.2) is 29.7 Å². The number of aliphatic hydroxyl groups excluding tert-OH is 1. The molecule has 2 aliphatic rings. The van der Waals surface area contributed by atoms with Crippen LogP contribution >= 0.6 is 0 Å². The molecule has 4 N–H and O–H groups in total. The molecule has 0 atom stereocenters. The Kier molecular flexibility index (Phi) is 5.67. The maximum Gasteiger partial charge on any atom is 0.221 e. The summed E-state index contributed by atoms with van der Waals surface area (Å²) in [5.74, 6) is 0.793. The van der Waals surface area contributed by atoms with E-state index in [-0.39, 0.29) is 23.5 Å². The minimum absolute atomic E-state index is 0.000930. The zero-order valence-electron chi connectivity index (χ0n) is 13.5. The predicted octanol–water partition coefficient (Wildman–Crippen LogP) is 2.34. The van der Waals surface area contributed by atoms with Gasteiger partial charge < -0.3 is 16.2 Å². The van der Waals surface area contributed by atoms with E-state index in [1.807, 2.05) is 0 Å². The Morgan fingerprint density at radius 3 is 2.33 bits per heavy atom. The average Bonchev–Trinajstić information content (AvgIpc) is 2.51. The first-order valence-electron chi connectivity index (χ1n) is 8.65. The summed E-state index contributed by atoms with van der Waals surface area (Å²) in [5.41, 5.74) is 5.59. The number of aliphatic hydroxyl groups is 1. The lowest BCUT2D eigenvalue weighted by atomic mass is 9.71. The van der Waals surface area contributed by atoms with Gasteiger partial charge in [0.25, 0.3) is 0 Å². The Morgan fingerprint density at radius 2 is 1.81 bits per heavy atom. The van der Waals surface area contributed by atoms with E-state index in [9.17, 15) is 9.90 Å². The third-order valence-electron chi connectivity index (χ3n) is 5.82. The molecule has 0 heterocycles. The lowest BCUT2D eigenvalue weighted by Crippen LogP contribution is -2.54. The van der Waals surface area contributed by atoms with Gasteiger partial charge in [-0.25, -0.2) is 0 Å². The van der Waals surface area contributed by atoms with Crippen molar-refractivity contribution < 1.29 is 9.90 Å². The van der Waals surface area contributed by atoms with E-state index in [4.69, 9.17) is 5.73 Å². The Hall–Kier alpha value is -0.610. The monoisotopic (exact) mass is 296 g/mol. The molecule has 4 nitrogen and oxygen atoms in total. The molecule has 4 heteroatoms. The number of hydrogen-bond acceptors (Lipinski definition) is 3. The van der Waals surface area contributed by atoms with Crippen LogP contribution in [0.5, 0.6) is 0 Å². The first-order chi connectivity index (χ1) is 10.0. The molecule has 0 spiro atoms. The maximum absolute atomic E-state index is 12.5. The highest BCUT2D eigenvalue weighted by Gasteiger charge is 2.38. The molecule has 2 fully saturated rings. The summed E-state index contributed by atoms with van der Waals surface area (Å²) in [4.78, 5) is 12.5. The van der Waals surface area contributed by atoms with Gasteiger partial charge in [-0.15, -0.1) is 0 Å². The standard InChI is InChI=1S/C17H32N2O2/c1-14-5-9-17(13-20,10-6-14)19-15(21)11-16(12-18)7-3-2-4-8-16/h14,20H,2-13,18H2,1H3,(H,19,21). The fourth-order valence-electron chi connectivity index (χ4n) is 4.07. The van der Waals surface area contributed by atoms with Gasteiger partial charge in [0.1, 0.15) is 0 Å². The smallest absolute Gasteiger partial charge is 0.221 e. The highest BCUT2D eigenvalue weighted by atomic mass is 16.3. The summed E-state index contributed by atoms with van der Waals surface area (Å²) in [7, 11) is 0. The van der Waals surface area contributed by atoms with Crippen LogP contribution < -0.4 is 11.1 Å². The van der Waals surface area contributed by atoms with E-state index in [2.05, 4.69) is 12.2 Å². The highest BCUT2D eigenvalue weighted by Crippen LogP contribution is 2.39. The van der Waals surface area contributed by atoms with Crippen molar-refractivity contribution in [1.29, 1.82) is 0 Å². The van der Waals surface area contributed by atoms with Crippen molar-refractivity contribution in [3.05, 3.63) is 0 Å². The van der Waals surface area contributed by atoms with Crippen molar-refractivity contribution in [2.45, 2.75) is 76.7 Å². The molecule has 2 aliphatic carbocycles. The third-order valence-corrected chi connectivity index (χ3v) is 5.82. The van der Waals surface area contributed by atoms with E-state index in [1.165, 1.54) is 19.3 Å². The van der Waals surface area contributed by atoms with Crippen molar-refractivity contribution in [2.24, 2.45) is 17.1 Å². The van der Waals surface area contributed by atoms with Crippen LogP contribution in [0, 0.1) is 11.3 Å². The summed E-state index contributed by atoms with van der Waals surface area (Å²) in [5, 5.41) is 12.9.